The second kappa shape index (κ2) is 5.66. The van der Waals surface area contributed by atoms with Gasteiger partial charge in [-0.25, -0.2) is 8.42 Å². The molecule has 0 amide bonds. The van der Waals surface area contributed by atoms with Gasteiger partial charge in [0, 0.05) is 0 Å². The third-order valence-corrected chi connectivity index (χ3v) is 5.31. The van der Waals surface area contributed by atoms with Gasteiger partial charge in [-0.05, 0) is 29.7 Å². The number of sulfonamides is 1. The van der Waals surface area contributed by atoms with E-state index in [0.29, 0.717) is 16.7 Å². The second-order valence-electron chi connectivity index (χ2n) is 5.24. The lowest BCUT2D eigenvalue weighted by atomic mass is 10.0. The van der Waals surface area contributed by atoms with Gasteiger partial charge in [0.15, 0.2) is 0 Å². The Morgan fingerprint density at radius 3 is 2.59 bits per heavy atom. The molecule has 0 radical (unpaired) electrons. The summed E-state index contributed by atoms with van der Waals surface area (Å²) in [5.74, 6) is 0.218. The van der Waals surface area contributed by atoms with Crippen LogP contribution in [-0.4, -0.2) is 17.2 Å². The lowest BCUT2D eigenvalue weighted by Crippen LogP contribution is -2.15. The maximum atomic E-state index is 12.7. The Labute approximate surface area is 133 Å². The Morgan fingerprint density at radius 1 is 1.05 bits per heavy atom. The van der Waals surface area contributed by atoms with Gasteiger partial charge in [-0.2, -0.15) is 8.75 Å². The summed E-state index contributed by atoms with van der Waals surface area (Å²) >= 11 is 1.01. The van der Waals surface area contributed by atoms with Crippen LogP contribution in [0.25, 0.3) is 11.0 Å². The number of fused-ring (bicyclic) bond motifs is 1. The number of hydrogen-bond acceptors (Lipinski definition) is 5. The standard InChI is InChI=1S/C15H15N3O2S2/c1-10(2)11-6-3-4-7-12(11)18-22(19,20)14-9-5-8-13-15(14)17-21-16-13/h3-10,18H,1-2H3. The molecule has 0 saturated carbocycles. The number of anilines is 1. The summed E-state index contributed by atoms with van der Waals surface area (Å²) in [6, 6.07) is 12.4. The number of benzene rings is 2. The quantitative estimate of drug-likeness (QED) is 0.791. The first-order valence-corrected chi connectivity index (χ1v) is 9.03. The van der Waals surface area contributed by atoms with Gasteiger partial charge in [-0.1, -0.05) is 38.1 Å². The van der Waals surface area contributed by atoms with Gasteiger partial charge >= 0.3 is 0 Å². The Morgan fingerprint density at radius 2 is 1.82 bits per heavy atom. The lowest BCUT2D eigenvalue weighted by molar-refractivity contribution is 0.602. The summed E-state index contributed by atoms with van der Waals surface area (Å²) in [7, 11) is -3.71. The van der Waals surface area contributed by atoms with Crippen molar-refractivity contribution < 1.29 is 8.42 Å². The number of hydrogen-bond donors (Lipinski definition) is 1. The third-order valence-electron chi connectivity index (χ3n) is 3.37. The van der Waals surface area contributed by atoms with Crippen molar-refractivity contribution >= 4 is 38.5 Å². The highest BCUT2D eigenvalue weighted by molar-refractivity contribution is 7.93. The van der Waals surface area contributed by atoms with Gasteiger partial charge in [0.2, 0.25) is 0 Å². The van der Waals surface area contributed by atoms with Crippen molar-refractivity contribution in [3.63, 3.8) is 0 Å². The van der Waals surface area contributed by atoms with E-state index in [9.17, 15) is 8.42 Å². The zero-order valence-corrected chi connectivity index (χ0v) is 13.8. The minimum absolute atomic E-state index is 0.150. The molecule has 3 rings (SSSR count). The molecule has 1 aromatic heterocycles. The van der Waals surface area contributed by atoms with Crippen molar-refractivity contribution in [2.24, 2.45) is 0 Å². The van der Waals surface area contributed by atoms with Gasteiger partial charge in [0.1, 0.15) is 15.9 Å². The number of para-hydroxylation sites is 1. The SMILES string of the molecule is CC(C)c1ccccc1NS(=O)(=O)c1cccc2nsnc12. The van der Waals surface area contributed by atoms with Crippen LogP contribution in [0.1, 0.15) is 25.3 Å². The zero-order valence-electron chi connectivity index (χ0n) is 12.1. The Bertz CT molecular complexity index is 917. The lowest BCUT2D eigenvalue weighted by Gasteiger charge is -2.14. The van der Waals surface area contributed by atoms with E-state index in [2.05, 4.69) is 13.5 Å². The predicted octanol–water partition coefficient (Wildman–Crippen LogP) is 3.62. The minimum atomic E-state index is -3.71. The van der Waals surface area contributed by atoms with E-state index >= 15 is 0 Å². The largest absolute Gasteiger partial charge is 0.279 e. The van der Waals surface area contributed by atoms with E-state index in [1.165, 1.54) is 0 Å². The van der Waals surface area contributed by atoms with Crippen LogP contribution in [0.4, 0.5) is 5.69 Å². The molecule has 2 aromatic carbocycles. The van der Waals surface area contributed by atoms with Crippen LogP contribution in [-0.2, 0) is 10.0 Å². The van der Waals surface area contributed by atoms with Crippen molar-refractivity contribution in [2.45, 2.75) is 24.7 Å². The monoisotopic (exact) mass is 333 g/mol. The van der Waals surface area contributed by atoms with Crippen molar-refractivity contribution in [1.29, 1.82) is 0 Å². The maximum Gasteiger partial charge on any atom is 0.264 e. The van der Waals surface area contributed by atoms with Crippen LogP contribution >= 0.6 is 11.7 Å². The molecule has 0 aliphatic rings. The van der Waals surface area contributed by atoms with Crippen LogP contribution in [0.5, 0.6) is 0 Å². The first kappa shape index (κ1) is 14.9. The predicted molar refractivity (Wildman–Crippen MR) is 88.8 cm³/mol. The maximum absolute atomic E-state index is 12.7. The molecule has 0 atom stereocenters. The fraction of sp³-hybridized carbons (Fsp3) is 0.200. The molecule has 0 fully saturated rings. The average molecular weight is 333 g/mol. The van der Waals surface area contributed by atoms with Gasteiger partial charge in [-0.15, -0.1) is 0 Å². The van der Waals surface area contributed by atoms with Crippen LogP contribution in [0, 0.1) is 0 Å². The van der Waals surface area contributed by atoms with Crippen LogP contribution < -0.4 is 4.72 Å². The van der Waals surface area contributed by atoms with Gasteiger partial charge in [0.05, 0.1) is 17.4 Å². The van der Waals surface area contributed by atoms with Crippen LogP contribution in [0.15, 0.2) is 47.4 Å². The molecule has 7 heteroatoms. The Balaban J connectivity index is 2.07. The molecular formula is C15H15N3O2S2. The first-order valence-electron chi connectivity index (χ1n) is 6.82. The van der Waals surface area contributed by atoms with Crippen LogP contribution in [0.2, 0.25) is 0 Å². The first-order chi connectivity index (χ1) is 10.5. The third kappa shape index (κ3) is 2.69. The molecule has 0 bridgehead atoms. The zero-order chi connectivity index (χ0) is 15.7. The number of nitrogens with zero attached hydrogens (tertiary/aromatic N) is 2. The highest BCUT2D eigenvalue weighted by Crippen LogP contribution is 2.28. The molecule has 1 heterocycles. The molecule has 0 aliphatic carbocycles. The molecule has 1 N–H and O–H groups in total. The van der Waals surface area contributed by atoms with Gasteiger partial charge in [-0.3, -0.25) is 4.72 Å². The van der Waals surface area contributed by atoms with Crippen molar-refractivity contribution in [1.82, 2.24) is 8.75 Å². The average Bonchev–Trinajstić information content (AvgIpc) is 2.95. The Hall–Kier alpha value is -1.99. The highest BCUT2D eigenvalue weighted by atomic mass is 32.2. The van der Waals surface area contributed by atoms with Crippen molar-refractivity contribution in [3.05, 3.63) is 48.0 Å². The fourth-order valence-electron chi connectivity index (χ4n) is 2.29. The summed E-state index contributed by atoms with van der Waals surface area (Å²) < 4.78 is 36.3. The minimum Gasteiger partial charge on any atom is -0.279 e. The van der Waals surface area contributed by atoms with E-state index in [1.807, 2.05) is 32.0 Å². The molecule has 3 aromatic rings. The van der Waals surface area contributed by atoms with Gasteiger partial charge in [0.25, 0.3) is 10.0 Å². The summed E-state index contributed by atoms with van der Waals surface area (Å²) in [6.07, 6.45) is 0. The van der Waals surface area contributed by atoms with Crippen molar-refractivity contribution in [3.8, 4) is 0 Å². The normalized spacial score (nSPS) is 12.0. The summed E-state index contributed by atoms with van der Waals surface area (Å²) in [6.45, 7) is 4.05. The molecule has 0 spiro atoms. The molecule has 0 saturated heterocycles. The molecular weight excluding hydrogens is 318 g/mol. The summed E-state index contributed by atoms with van der Waals surface area (Å²) in [5.41, 5.74) is 2.54. The van der Waals surface area contributed by atoms with E-state index in [-0.39, 0.29) is 10.8 Å². The summed E-state index contributed by atoms with van der Waals surface area (Å²) in [5, 5.41) is 0. The summed E-state index contributed by atoms with van der Waals surface area (Å²) in [4.78, 5) is 0.150. The van der Waals surface area contributed by atoms with E-state index < -0.39 is 10.0 Å². The molecule has 5 nitrogen and oxygen atoms in total. The molecule has 0 aliphatic heterocycles. The van der Waals surface area contributed by atoms with E-state index in [4.69, 9.17) is 0 Å². The van der Waals surface area contributed by atoms with Crippen molar-refractivity contribution in [2.75, 3.05) is 4.72 Å². The van der Waals surface area contributed by atoms with Crippen LogP contribution in [0.3, 0.4) is 0 Å². The van der Waals surface area contributed by atoms with E-state index in [0.717, 1.165) is 17.3 Å². The highest BCUT2D eigenvalue weighted by Gasteiger charge is 2.21. The molecule has 114 valence electrons. The molecule has 0 unspecified atom stereocenters. The smallest absolute Gasteiger partial charge is 0.264 e. The second-order valence-corrected chi connectivity index (χ2v) is 7.41. The van der Waals surface area contributed by atoms with Gasteiger partial charge < -0.3 is 0 Å². The fourth-order valence-corrected chi connectivity index (χ4v) is 4.15. The number of aromatic nitrogens is 2. The Kier molecular flexibility index (Phi) is 3.84. The topological polar surface area (TPSA) is 72.0 Å². The van der Waals surface area contributed by atoms with E-state index in [1.54, 1.807) is 24.3 Å². The molecule has 22 heavy (non-hydrogen) atoms. The number of rotatable bonds is 4. The number of nitrogens with one attached hydrogen (secondary N) is 1.